The van der Waals surface area contributed by atoms with Crippen molar-refractivity contribution in [2.75, 3.05) is 5.32 Å². The molecule has 0 bridgehead atoms. The summed E-state index contributed by atoms with van der Waals surface area (Å²) in [6.07, 6.45) is 3.57. The lowest BCUT2D eigenvalue weighted by Gasteiger charge is -2.08. The molecular formula is C19H16F3N3O2S. The van der Waals surface area contributed by atoms with E-state index in [4.69, 9.17) is 0 Å². The quantitative estimate of drug-likeness (QED) is 0.649. The molecule has 146 valence electrons. The highest BCUT2D eigenvalue weighted by atomic mass is 32.1. The molecule has 1 amide bonds. The van der Waals surface area contributed by atoms with Gasteiger partial charge in [-0.05, 0) is 37.5 Å². The maximum absolute atomic E-state index is 13.9. The van der Waals surface area contributed by atoms with Gasteiger partial charge in [-0.15, -0.1) is 11.3 Å². The van der Waals surface area contributed by atoms with Crippen LogP contribution in [0.1, 0.15) is 40.3 Å². The molecule has 0 saturated carbocycles. The second-order valence-corrected chi connectivity index (χ2v) is 7.71. The van der Waals surface area contributed by atoms with Gasteiger partial charge >= 0.3 is 0 Å². The summed E-state index contributed by atoms with van der Waals surface area (Å²) in [5, 5.41) is 2.62. The number of aromatic nitrogens is 2. The lowest BCUT2D eigenvalue weighted by Crippen LogP contribution is -2.24. The smallest absolute Gasteiger partial charge is 0.266 e. The van der Waals surface area contributed by atoms with E-state index < -0.39 is 29.0 Å². The third-order valence-corrected chi connectivity index (χ3v) is 6.09. The first kappa shape index (κ1) is 18.7. The Morgan fingerprint density at radius 3 is 2.75 bits per heavy atom. The molecule has 4 rings (SSSR count). The minimum absolute atomic E-state index is 0.185. The van der Waals surface area contributed by atoms with Crippen molar-refractivity contribution in [1.82, 2.24) is 9.55 Å². The number of aryl methyl sites for hydroxylation is 2. The summed E-state index contributed by atoms with van der Waals surface area (Å²) >= 11 is 1.03. The molecule has 0 radical (unpaired) electrons. The molecular weight excluding hydrogens is 391 g/mol. The topological polar surface area (TPSA) is 64.0 Å². The van der Waals surface area contributed by atoms with Crippen molar-refractivity contribution in [3.05, 3.63) is 56.2 Å². The molecule has 0 unspecified atom stereocenters. The zero-order valence-corrected chi connectivity index (χ0v) is 15.8. The first-order valence-corrected chi connectivity index (χ1v) is 9.67. The van der Waals surface area contributed by atoms with E-state index in [0.29, 0.717) is 34.6 Å². The molecule has 0 saturated heterocycles. The number of fused-ring (bicyclic) bond motifs is 2. The Balaban J connectivity index is 1.76. The molecule has 28 heavy (non-hydrogen) atoms. The summed E-state index contributed by atoms with van der Waals surface area (Å²) in [5.41, 5.74) is -0.215. The van der Waals surface area contributed by atoms with E-state index in [1.807, 2.05) is 0 Å². The lowest BCUT2D eigenvalue weighted by atomic mass is 10.2. The van der Waals surface area contributed by atoms with Gasteiger partial charge in [0.2, 0.25) is 0 Å². The van der Waals surface area contributed by atoms with E-state index in [2.05, 4.69) is 10.3 Å². The van der Waals surface area contributed by atoms with E-state index in [1.165, 1.54) is 0 Å². The van der Waals surface area contributed by atoms with Crippen LogP contribution in [0.4, 0.5) is 18.9 Å². The Hall–Kier alpha value is -2.68. The highest BCUT2D eigenvalue weighted by Gasteiger charge is 2.23. The predicted octanol–water partition coefficient (Wildman–Crippen LogP) is 4.16. The van der Waals surface area contributed by atoms with Crippen molar-refractivity contribution in [3.63, 3.8) is 0 Å². The van der Waals surface area contributed by atoms with Crippen LogP contribution < -0.4 is 10.9 Å². The van der Waals surface area contributed by atoms with E-state index in [1.54, 1.807) is 11.5 Å². The van der Waals surface area contributed by atoms with Gasteiger partial charge in [-0.1, -0.05) is 6.42 Å². The van der Waals surface area contributed by atoms with Crippen LogP contribution in [0.5, 0.6) is 0 Å². The predicted molar refractivity (Wildman–Crippen MR) is 100 cm³/mol. The van der Waals surface area contributed by atoms with Crippen molar-refractivity contribution in [1.29, 1.82) is 0 Å². The highest BCUT2D eigenvalue weighted by Crippen LogP contribution is 2.29. The number of carbonyl (C=O) groups is 1. The fraction of sp³-hybridized carbons (Fsp3) is 0.316. The Labute approximate surface area is 161 Å². The zero-order chi connectivity index (χ0) is 20.0. The summed E-state index contributed by atoms with van der Waals surface area (Å²) < 4.78 is 42.0. The molecule has 0 aliphatic carbocycles. The number of rotatable bonds is 2. The second kappa shape index (κ2) is 7.05. The Morgan fingerprint density at radius 2 is 1.96 bits per heavy atom. The van der Waals surface area contributed by atoms with Crippen molar-refractivity contribution in [2.24, 2.45) is 0 Å². The van der Waals surface area contributed by atoms with Crippen LogP contribution in [0.25, 0.3) is 10.2 Å². The SMILES string of the molecule is Cc1c(C(=O)Nc2ccc(F)c(F)c2F)sc2nc3n(c(=O)c12)CCCCC3. The molecule has 0 atom stereocenters. The molecule has 9 heteroatoms. The second-order valence-electron chi connectivity index (χ2n) is 6.71. The molecule has 1 aliphatic rings. The number of nitrogens with one attached hydrogen (secondary N) is 1. The van der Waals surface area contributed by atoms with Gasteiger partial charge in [0, 0.05) is 13.0 Å². The van der Waals surface area contributed by atoms with Crippen LogP contribution in [-0.2, 0) is 13.0 Å². The van der Waals surface area contributed by atoms with Gasteiger partial charge in [0.25, 0.3) is 11.5 Å². The largest absolute Gasteiger partial charge is 0.319 e. The Kier molecular flexibility index (Phi) is 4.70. The number of carbonyl (C=O) groups excluding carboxylic acids is 1. The highest BCUT2D eigenvalue weighted by molar-refractivity contribution is 7.20. The number of anilines is 1. The van der Waals surface area contributed by atoms with Crippen LogP contribution in [0, 0.1) is 24.4 Å². The van der Waals surface area contributed by atoms with Gasteiger partial charge in [0.15, 0.2) is 17.5 Å². The van der Waals surface area contributed by atoms with Gasteiger partial charge < -0.3 is 5.32 Å². The number of halogens is 3. The average molecular weight is 407 g/mol. The van der Waals surface area contributed by atoms with Gasteiger partial charge in [0.1, 0.15) is 10.7 Å². The molecule has 1 aliphatic heterocycles. The van der Waals surface area contributed by atoms with Gasteiger partial charge in [-0.3, -0.25) is 14.2 Å². The Morgan fingerprint density at radius 1 is 1.18 bits per heavy atom. The molecule has 0 spiro atoms. The fourth-order valence-electron chi connectivity index (χ4n) is 3.43. The van der Waals surface area contributed by atoms with Crippen LogP contribution in [0.2, 0.25) is 0 Å². The van der Waals surface area contributed by atoms with Crippen LogP contribution in [-0.4, -0.2) is 15.5 Å². The Bertz CT molecular complexity index is 1170. The van der Waals surface area contributed by atoms with E-state index in [-0.39, 0.29) is 10.4 Å². The van der Waals surface area contributed by atoms with E-state index in [9.17, 15) is 22.8 Å². The number of nitrogens with zero attached hydrogens (tertiary/aromatic N) is 2. The molecule has 2 aromatic heterocycles. The van der Waals surface area contributed by atoms with Gasteiger partial charge in [-0.2, -0.15) is 0 Å². The van der Waals surface area contributed by atoms with Gasteiger partial charge in [-0.25, -0.2) is 18.2 Å². The summed E-state index contributed by atoms with van der Waals surface area (Å²) in [5.74, 6) is -4.47. The van der Waals surface area contributed by atoms with E-state index in [0.717, 1.165) is 42.7 Å². The summed E-state index contributed by atoms with van der Waals surface area (Å²) in [6.45, 7) is 2.22. The maximum atomic E-state index is 13.9. The minimum Gasteiger partial charge on any atom is -0.319 e. The zero-order valence-electron chi connectivity index (χ0n) is 14.9. The summed E-state index contributed by atoms with van der Waals surface area (Å²) in [7, 11) is 0. The minimum atomic E-state index is -1.66. The standard InChI is InChI=1S/C19H16F3N3O2S/c1-9-13-18(24-12-5-3-2-4-8-25(12)19(13)27)28-16(9)17(26)23-11-7-6-10(20)14(21)15(11)22/h6-7H,2-5,8H2,1H3,(H,23,26). The number of thiophene rings is 1. The van der Waals surface area contributed by atoms with Crippen LogP contribution >= 0.6 is 11.3 Å². The van der Waals surface area contributed by atoms with Crippen LogP contribution in [0.3, 0.4) is 0 Å². The van der Waals surface area contributed by atoms with Crippen molar-refractivity contribution in [2.45, 2.75) is 39.2 Å². The first-order chi connectivity index (χ1) is 13.4. The molecule has 0 fully saturated rings. The molecule has 3 aromatic rings. The summed E-state index contributed by atoms with van der Waals surface area (Å²) in [4.78, 5) is 30.7. The molecule has 1 N–H and O–H groups in total. The number of benzene rings is 1. The van der Waals surface area contributed by atoms with Crippen molar-refractivity contribution < 1.29 is 18.0 Å². The number of hydrogen-bond donors (Lipinski definition) is 1. The molecule has 3 heterocycles. The maximum Gasteiger partial charge on any atom is 0.266 e. The molecule has 1 aromatic carbocycles. The summed E-state index contributed by atoms with van der Waals surface area (Å²) in [6, 6.07) is 1.68. The van der Waals surface area contributed by atoms with Crippen molar-refractivity contribution >= 4 is 33.1 Å². The number of hydrogen-bond acceptors (Lipinski definition) is 4. The van der Waals surface area contributed by atoms with E-state index >= 15 is 0 Å². The average Bonchev–Trinajstić information content (AvgIpc) is 2.84. The fourth-order valence-corrected chi connectivity index (χ4v) is 4.51. The third kappa shape index (κ3) is 2.99. The lowest BCUT2D eigenvalue weighted by molar-refractivity contribution is 0.102. The number of amides is 1. The normalized spacial score (nSPS) is 14.0. The van der Waals surface area contributed by atoms with Crippen molar-refractivity contribution in [3.8, 4) is 0 Å². The molecule has 5 nitrogen and oxygen atoms in total. The van der Waals surface area contributed by atoms with Gasteiger partial charge in [0.05, 0.1) is 16.0 Å². The third-order valence-electron chi connectivity index (χ3n) is 4.90. The monoisotopic (exact) mass is 407 g/mol. The van der Waals surface area contributed by atoms with Crippen LogP contribution in [0.15, 0.2) is 16.9 Å². The first-order valence-electron chi connectivity index (χ1n) is 8.86.